The zero-order chi connectivity index (χ0) is 23.2. The van der Waals surface area contributed by atoms with Crippen molar-refractivity contribution in [2.75, 3.05) is 26.0 Å². The molecule has 168 valence electrons. The molecule has 2 amide bonds. The van der Waals surface area contributed by atoms with Gasteiger partial charge < -0.3 is 14.7 Å². The van der Waals surface area contributed by atoms with Gasteiger partial charge in [0.25, 0.3) is 0 Å². The van der Waals surface area contributed by atoms with E-state index in [1.165, 1.54) is 0 Å². The van der Waals surface area contributed by atoms with Gasteiger partial charge in [-0.25, -0.2) is 0 Å². The molecule has 1 atom stereocenters. The SMILES string of the molecule is CC1N(C)C(=O)C2(CC(=CN(C)c3ccccc3)C=C3C(Cl)=C(C=O)CCC32)C(=O)N1C. The van der Waals surface area contributed by atoms with Crippen molar-refractivity contribution in [3.8, 4) is 0 Å². The molecule has 1 fully saturated rings. The summed E-state index contributed by atoms with van der Waals surface area (Å²) in [7, 11) is 5.41. The van der Waals surface area contributed by atoms with Crippen LogP contribution in [-0.4, -0.2) is 55.2 Å². The van der Waals surface area contributed by atoms with Crippen molar-refractivity contribution in [2.24, 2.45) is 11.3 Å². The lowest BCUT2D eigenvalue weighted by Crippen LogP contribution is -2.67. The van der Waals surface area contributed by atoms with Crippen LogP contribution in [0.1, 0.15) is 26.2 Å². The summed E-state index contributed by atoms with van der Waals surface area (Å²) >= 11 is 6.66. The van der Waals surface area contributed by atoms with E-state index in [1.54, 1.807) is 23.9 Å². The first-order chi connectivity index (χ1) is 15.2. The van der Waals surface area contributed by atoms with Gasteiger partial charge in [-0.05, 0) is 49.5 Å². The molecular formula is C25H28ClN3O3. The molecule has 32 heavy (non-hydrogen) atoms. The van der Waals surface area contributed by atoms with Crippen LogP contribution in [0.2, 0.25) is 0 Å². The molecule has 0 bridgehead atoms. The predicted octanol–water partition coefficient (Wildman–Crippen LogP) is 3.70. The first kappa shape index (κ1) is 22.3. The molecule has 1 saturated heterocycles. The topological polar surface area (TPSA) is 60.9 Å². The Bertz CT molecular complexity index is 1040. The Balaban J connectivity index is 1.88. The third-order valence-corrected chi connectivity index (χ3v) is 7.68. The van der Waals surface area contributed by atoms with Crippen molar-refractivity contribution in [3.05, 3.63) is 64.4 Å². The van der Waals surface area contributed by atoms with Gasteiger partial charge >= 0.3 is 0 Å². The Hall–Kier alpha value is -2.86. The average Bonchev–Trinajstić information content (AvgIpc) is 2.81. The van der Waals surface area contributed by atoms with Crippen LogP contribution in [0.4, 0.5) is 5.69 Å². The normalized spacial score (nSPS) is 29.4. The molecule has 1 spiro atoms. The lowest BCUT2D eigenvalue weighted by Gasteiger charge is -2.53. The molecule has 4 rings (SSSR count). The molecular weight excluding hydrogens is 426 g/mol. The molecule has 0 N–H and O–H groups in total. The summed E-state index contributed by atoms with van der Waals surface area (Å²) < 4.78 is 0. The number of amides is 2. The monoisotopic (exact) mass is 453 g/mol. The number of nitrogens with zero attached hydrogens (tertiary/aromatic N) is 3. The lowest BCUT2D eigenvalue weighted by atomic mass is 9.59. The standard InChI is InChI=1S/C25H28ClN3O3/c1-16-28(3)23(31)25(24(32)29(16)4)13-17(14-27(2)19-8-6-5-7-9-19)12-20-21(25)11-10-18(15-30)22(20)26/h5-9,12,14-16,21H,10-11,13H2,1-4H3. The van der Waals surface area contributed by atoms with E-state index in [2.05, 4.69) is 0 Å². The van der Waals surface area contributed by atoms with Crippen molar-refractivity contribution >= 4 is 35.4 Å². The van der Waals surface area contributed by atoms with Crippen LogP contribution in [0.5, 0.6) is 0 Å². The summed E-state index contributed by atoms with van der Waals surface area (Å²) in [5.74, 6) is -0.734. The Morgan fingerprint density at radius 2 is 1.75 bits per heavy atom. The van der Waals surface area contributed by atoms with Gasteiger partial charge in [0.05, 0.1) is 5.03 Å². The van der Waals surface area contributed by atoms with E-state index >= 15 is 0 Å². The highest BCUT2D eigenvalue weighted by Gasteiger charge is 2.61. The van der Waals surface area contributed by atoms with Gasteiger partial charge in [0.1, 0.15) is 17.9 Å². The number of allylic oxidation sites excluding steroid dienone is 5. The number of hydrogen-bond acceptors (Lipinski definition) is 4. The number of fused-ring (bicyclic) bond motifs is 2. The van der Waals surface area contributed by atoms with Gasteiger partial charge in [-0.15, -0.1) is 0 Å². The van der Waals surface area contributed by atoms with Gasteiger partial charge in [0.2, 0.25) is 11.8 Å². The minimum atomic E-state index is -1.27. The number of carbonyl (C=O) groups is 3. The van der Waals surface area contributed by atoms with Crippen LogP contribution < -0.4 is 4.90 Å². The Morgan fingerprint density at radius 1 is 1.12 bits per heavy atom. The molecule has 7 heteroatoms. The minimum absolute atomic E-state index is 0.184. The van der Waals surface area contributed by atoms with Crippen molar-refractivity contribution in [1.82, 2.24) is 9.80 Å². The lowest BCUT2D eigenvalue weighted by molar-refractivity contribution is -0.175. The van der Waals surface area contributed by atoms with Crippen molar-refractivity contribution in [3.63, 3.8) is 0 Å². The van der Waals surface area contributed by atoms with Crippen molar-refractivity contribution in [1.29, 1.82) is 0 Å². The summed E-state index contributed by atoms with van der Waals surface area (Å²) in [6.07, 6.45) is 5.64. The maximum atomic E-state index is 13.8. The Morgan fingerprint density at radius 3 is 2.34 bits per heavy atom. The van der Waals surface area contributed by atoms with Crippen molar-refractivity contribution in [2.45, 2.75) is 32.4 Å². The number of carbonyl (C=O) groups excluding carboxylic acids is 3. The Labute approximate surface area is 193 Å². The van der Waals surface area contributed by atoms with Crippen LogP contribution in [0, 0.1) is 11.3 Å². The van der Waals surface area contributed by atoms with E-state index in [0.29, 0.717) is 29.0 Å². The first-order valence-corrected chi connectivity index (χ1v) is 11.2. The summed E-state index contributed by atoms with van der Waals surface area (Å²) in [5, 5.41) is 0.369. The number of benzene rings is 1. The molecule has 1 heterocycles. The van der Waals surface area contributed by atoms with Gasteiger partial charge in [-0.2, -0.15) is 0 Å². The smallest absolute Gasteiger partial charge is 0.240 e. The highest BCUT2D eigenvalue weighted by molar-refractivity contribution is 6.34. The zero-order valence-electron chi connectivity index (χ0n) is 18.8. The maximum absolute atomic E-state index is 13.8. The summed E-state index contributed by atoms with van der Waals surface area (Å²) in [5.41, 5.74) is 1.77. The number of hydrogen-bond donors (Lipinski definition) is 0. The number of para-hydroxylation sites is 1. The Kier molecular flexibility index (Phi) is 5.76. The predicted molar refractivity (Wildman–Crippen MR) is 125 cm³/mol. The molecule has 0 radical (unpaired) electrons. The number of halogens is 1. The zero-order valence-corrected chi connectivity index (χ0v) is 19.6. The number of anilines is 1. The fourth-order valence-electron chi connectivity index (χ4n) is 5.22. The fraction of sp³-hybridized carbons (Fsp3) is 0.400. The highest BCUT2D eigenvalue weighted by Crippen LogP contribution is 2.55. The third kappa shape index (κ3) is 3.28. The highest BCUT2D eigenvalue weighted by atomic mass is 35.5. The molecule has 6 nitrogen and oxygen atoms in total. The number of aldehydes is 1. The van der Waals surface area contributed by atoms with E-state index < -0.39 is 5.41 Å². The number of rotatable bonds is 3. The van der Waals surface area contributed by atoms with Crippen LogP contribution in [0.25, 0.3) is 0 Å². The molecule has 3 aliphatic rings. The molecule has 0 saturated carbocycles. The van der Waals surface area contributed by atoms with Gasteiger partial charge in [0.15, 0.2) is 0 Å². The molecule has 1 unspecified atom stereocenters. The molecule has 1 aromatic carbocycles. The van der Waals surface area contributed by atoms with Crippen LogP contribution in [0.3, 0.4) is 0 Å². The van der Waals surface area contributed by atoms with Gasteiger partial charge in [-0.1, -0.05) is 35.9 Å². The van der Waals surface area contributed by atoms with E-state index in [4.69, 9.17) is 11.6 Å². The quantitative estimate of drug-likeness (QED) is 0.517. The summed E-state index contributed by atoms with van der Waals surface area (Å²) in [6, 6.07) is 9.84. The van der Waals surface area contributed by atoms with Gasteiger partial charge in [0, 0.05) is 44.5 Å². The minimum Gasteiger partial charge on any atom is -0.351 e. The molecule has 1 aromatic rings. The van der Waals surface area contributed by atoms with Crippen molar-refractivity contribution < 1.29 is 14.4 Å². The van der Waals surface area contributed by atoms with Crippen LogP contribution in [-0.2, 0) is 14.4 Å². The molecule has 2 aliphatic carbocycles. The second-order valence-electron chi connectivity index (χ2n) is 8.91. The molecule has 0 aromatic heterocycles. The largest absolute Gasteiger partial charge is 0.351 e. The summed E-state index contributed by atoms with van der Waals surface area (Å²) in [6.45, 7) is 1.85. The first-order valence-electron chi connectivity index (χ1n) is 10.8. The van der Waals surface area contributed by atoms with Crippen LogP contribution >= 0.6 is 11.6 Å². The van der Waals surface area contributed by atoms with E-state index in [0.717, 1.165) is 17.5 Å². The second-order valence-corrected chi connectivity index (χ2v) is 9.29. The maximum Gasteiger partial charge on any atom is 0.240 e. The summed E-state index contributed by atoms with van der Waals surface area (Å²) in [4.78, 5) is 44.4. The third-order valence-electron chi connectivity index (χ3n) is 7.22. The average molecular weight is 454 g/mol. The van der Waals surface area contributed by atoms with E-state index in [9.17, 15) is 14.4 Å². The fourth-order valence-corrected chi connectivity index (χ4v) is 5.55. The van der Waals surface area contributed by atoms with E-state index in [1.807, 2.05) is 61.5 Å². The van der Waals surface area contributed by atoms with Crippen LogP contribution in [0.15, 0.2) is 64.4 Å². The molecule has 1 aliphatic heterocycles. The van der Waals surface area contributed by atoms with Gasteiger partial charge in [-0.3, -0.25) is 14.4 Å². The van der Waals surface area contributed by atoms with E-state index in [-0.39, 0.29) is 30.3 Å². The second kappa shape index (κ2) is 8.24.